The number of rotatable bonds is 1. The second-order valence-electron chi connectivity index (χ2n) is 16.6. The number of benzene rings is 6. The Labute approximate surface area is 301 Å². The Morgan fingerprint density at radius 2 is 1.24 bits per heavy atom. The summed E-state index contributed by atoms with van der Waals surface area (Å²) in [5.41, 5.74) is 16.0. The molecule has 0 aliphatic carbocycles. The van der Waals surface area contributed by atoms with Crippen LogP contribution in [0.4, 0.5) is 17.1 Å². The van der Waals surface area contributed by atoms with Crippen molar-refractivity contribution in [2.75, 3.05) is 4.90 Å². The third-order valence-electron chi connectivity index (χ3n) is 11.5. The van der Waals surface area contributed by atoms with Crippen molar-refractivity contribution in [1.29, 1.82) is 0 Å². The first-order chi connectivity index (χ1) is 24.6. The molecule has 9 aromatic rings. The Bertz CT molecular complexity index is 2960. The van der Waals surface area contributed by atoms with Gasteiger partial charge in [-0.05, 0) is 74.7 Å². The molecule has 5 heterocycles. The summed E-state index contributed by atoms with van der Waals surface area (Å²) < 4.78 is 12.1. The summed E-state index contributed by atoms with van der Waals surface area (Å²) in [5.74, 6) is 0. The van der Waals surface area contributed by atoms with E-state index in [1.165, 1.54) is 75.8 Å². The molecular weight excluding hydrogens is 639 g/mol. The van der Waals surface area contributed by atoms with Gasteiger partial charge in [0, 0.05) is 43.3 Å². The van der Waals surface area contributed by atoms with Gasteiger partial charge < -0.3 is 13.9 Å². The van der Waals surface area contributed by atoms with Gasteiger partial charge in [-0.2, -0.15) is 0 Å². The molecular formula is C46H37BN2OS. The zero-order valence-corrected chi connectivity index (χ0v) is 30.6. The van der Waals surface area contributed by atoms with Gasteiger partial charge in [-0.25, -0.2) is 0 Å². The second kappa shape index (κ2) is 9.74. The second-order valence-corrected chi connectivity index (χ2v) is 17.6. The lowest BCUT2D eigenvalue weighted by Crippen LogP contribution is -2.60. The van der Waals surface area contributed by atoms with Gasteiger partial charge in [0.1, 0.15) is 5.58 Å². The van der Waals surface area contributed by atoms with Gasteiger partial charge in [0.05, 0.1) is 21.4 Å². The van der Waals surface area contributed by atoms with E-state index in [4.69, 9.17) is 4.42 Å². The fraction of sp³-hybridized carbons (Fsp3) is 0.174. The minimum atomic E-state index is -0.0787. The maximum atomic E-state index is 6.80. The molecule has 0 fully saturated rings. The lowest BCUT2D eigenvalue weighted by molar-refractivity contribution is 0.590. The molecule has 0 unspecified atom stereocenters. The molecule has 0 bridgehead atoms. The molecule has 11 rings (SSSR count). The van der Waals surface area contributed by atoms with Crippen LogP contribution < -0.4 is 21.3 Å². The lowest BCUT2D eigenvalue weighted by Gasteiger charge is -2.42. The molecule has 5 heteroatoms. The van der Waals surface area contributed by atoms with Crippen LogP contribution in [0.3, 0.4) is 0 Å². The number of nitrogens with zero attached hydrogens (tertiary/aromatic N) is 2. The molecule has 0 saturated heterocycles. The van der Waals surface area contributed by atoms with Crippen molar-refractivity contribution >= 4 is 105 Å². The van der Waals surface area contributed by atoms with Crippen molar-refractivity contribution < 1.29 is 4.42 Å². The number of hydrogen-bond donors (Lipinski definition) is 0. The molecule has 51 heavy (non-hydrogen) atoms. The Hall–Kier alpha value is -5.26. The van der Waals surface area contributed by atoms with Crippen molar-refractivity contribution in [2.24, 2.45) is 0 Å². The third-order valence-corrected chi connectivity index (χ3v) is 12.7. The van der Waals surface area contributed by atoms with E-state index in [2.05, 4.69) is 166 Å². The van der Waals surface area contributed by atoms with E-state index >= 15 is 0 Å². The van der Waals surface area contributed by atoms with Crippen molar-refractivity contribution in [3.05, 3.63) is 126 Å². The summed E-state index contributed by atoms with van der Waals surface area (Å²) in [6, 6.07) is 43.3. The van der Waals surface area contributed by atoms with Gasteiger partial charge in [0.15, 0.2) is 5.58 Å². The van der Waals surface area contributed by atoms with Crippen molar-refractivity contribution in [1.82, 2.24) is 4.57 Å². The lowest BCUT2D eigenvalue weighted by atomic mass is 9.33. The van der Waals surface area contributed by atoms with Gasteiger partial charge in [0.25, 0.3) is 6.71 Å². The minimum absolute atomic E-state index is 0.0164. The summed E-state index contributed by atoms with van der Waals surface area (Å²) >= 11 is 1.92. The van der Waals surface area contributed by atoms with Crippen LogP contribution in [0.2, 0.25) is 0 Å². The normalized spacial score (nSPS) is 14.0. The number of thiophene rings is 1. The predicted octanol–water partition coefficient (Wildman–Crippen LogP) is 11.1. The molecule has 3 nitrogen and oxygen atoms in total. The average molecular weight is 677 g/mol. The summed E-state index contributed by atoms with van der Waals surface area (Å²) in [5, 5.41) is 4.96. The van der Waals surface area contributed by atoms with Gasteiger partial charge in [0.2, 0.25) is 0 Å². The fourth-order valence-corrected chi connectivity index (χ4v) is 10.2. The third kappa shape index (κ3) is 3.85. The number of anilines is 3. The number of furan rings is 1. The number of para-hydroxylation sites is 3. The standard InChI is InChI=1S/C46H37BN2OS/c1-45(2,3)26-21-22-32-35(23-26)48(34-18-12-15-29-28-13-7-9-19-38(28)50-43(29)34)36-24-27(46(4,5)6)25-37-40(36)47(32)33-17-11-16-31-41(33)49(37)42-30-14-8-10-20-39(30)51-44(31)42/h7-25H,1-6H3. The average Bonchev–Trinajstić information content (AvgIpc) is 3.78. The summed E-state index contributed by atoms with van der Waals surface area (Å²) in [6.45, 7) is 14.1. The van der Waals surface area contributed by atoms with E-state index < -0.39 is 0 Å². The Balaban J connectivity index is 1.34. The van der Waals surface area contributed by atoms with Crippen molar-refractivity contribution in [3.63, 3.8) is 0 Å². The minimum Gasteiger partial charge on any atom is -0.454 e. The highest BCUT2D eigenvalue weighted by Gasteiger charge is 2.44. The number of hydrogen-bond acceptors (Lipinski definition) is 3. The van der Waals surface area contributed by atoms with Crippen LogP contribution in [0.15, 0.2) is 120 Å². The quantitative estimate of drug-likeness (QED) is 0.161. The molecule has 2 aliphatic heterocycles. The van der Waals surface area contributed by atoms with E-state index in [-0.39, 0.29) is 17.5 Å². The first-order valence-corrected chi connectivity index (χ1v) is 18.9. The van der Waals surface area contributed by atoms with E-state index in [9.17, 15) is 0 Å². The Kier molecular flexibility index (Phi) is 5.63. The van der Waals surface area contributed by atoms with Gasteiger partial charge in [-0.3, -0.25) is 0 Å². The van der Waals surface area contributed by atoms with Crippen LogP contribution in [0.1, 0.15) is 52.7 Å². The maximum Gasteiger partial charge on any atom is 0.252 e. The Morgan fingerprint density at radius 3 is 2.06 bits per heavy atom. The predicted molar refractivity (Wildman–Crippen MR) is 220 cm³/mol. The van der Waals surface area contributed by atoms with Gasteiger partial charge >= 0.3 is 0 Å². The van der Waals surface area contributed by atoms with E-state index in [0.717, 1.165) is 27.6 Å². The smallest absolute Gasteiger partial charge is 0.252 e. The zero-order valence-electron chi connectivity index (χ0n) is 29.8. The molecule has 0 N–H and O–H groups in total. The number of aromatic nitrogens is 1. The molecule has 2 aliphatic rings. The monoisotopic (exact) mass is 676 g/mol. The van der Waals surface area contributed by atoms with E-state index in [1.807, 2.05) is 11.3 Å². The van der Waals surface area contributed by atoms with Crippen molar-refractivity contribution in [3.8, 4) is 5.69 Å². The first kappa shape index (κ1) is 29.5. The highest BCUT2D eigenvalue weighted by atomic mass is 32.1. The SMILES string of the molecule is CC(C)(C)c1ccc2c(c1)N(c1cccc3c1oc1ccccc13)c1cc(C(C)(C)C)cc3c1B2c1cccc2c4sc5ccccc5c4n-3c12. The van der Waals surface area contributed by atoms with Crippen LogP contribution in [-0.4, -0.2) is 11.3 Å². The van der Waals surface area contributed by atoms with Gasteiger partial charge in [-0.15, -0.1) is 11.3 Å². The molecule has 0 atom stereocenters. The molecule has 0 saturated carbocycles. The van der Waals surface area contributed by atoms with Crippen LogP contribution in [-0.2, 0) is 10.8 Å². The number of fused-ring (bicyclic) bond motifs is 12. The van der Waals surface area contributed by atoms with Crippen LogP contribution in [0.25, 0.3) is 58.8 Å². The molecule has 246 valence electrons. The highest BCUT2D eigenvalue weighted by Crippen LogP contribution is 2.48. The summed E-state index contributed by atoms with van der Waals surface area (Å²) in [6.07, 6.45) is 0. The van der Waals surface area contributed by atoms with Crippen molar-refractivity contribution in [2.45, 2.75) is 52.4 Å². The summed E-state index contributed by atoms with van der Waals surface area (Å²) in [4.78, 5) is 2.54. The molecule has 3 aromatic heterocycles. The van der Waals surface area contributed by atoms with E-state index in [1.54, 1.807) is 0 Å². The molecule has 0 amide bonds. The first-order valence-electron chi connectivity index (χ1n) is 18.1. The maximum absolute atomic E-state index is 6.80. The Morgan fingerprint density at radius 1 is 0.549 bits per heavy atom. The zero-order chi connectivity index (χ0) is 34.6. The van der Waals surface area contributed by atoms with Crippen LogP contribution >= 0.6 is 11.3 Å². The van der Waals surface area contributed by atoms with Crippen LogP contribution in [0, 0.1) is 0 Å². The van der Waals surface area contributed by atoms with E-state index in [0.29, 0.717) is 0 Å². The fourth-order valence-electron chi connectivity index (χ4n) is 8.96. The molecule has 0 spiro atoms. The summed E-state index contributed by atoms with van der Waals surface area (Å²) in [7, 11) is 0. The van der Waals surface area contributed by atoms with Crippen LogP contribution in [0.5, 0.6) is 0 Å². The molecule has 6 aromatic carbocycles. The van der Waals surface area contributed by atoms with Gasteiger partial charge in [-0.1, -0.05) is 120 Å². The highest BCUT2D eigenvalue weighted by molar-refractivity contribution is 7.26. The topological polar surface area (TPSA) is 21.3 Å². The molecule has 0 radical (unpaired) electrons. The largest absolute Gasteiger partial charge is 0.454 e.